The zero-order valence-electron chi connectivity index (χ0n) is 17.6. The lowest BCUT2D eigenvalue weighted by Gasteiger charge is -2.13. The minimum absolute atomic E-state index is 0.0927. The van der Waals surface area contributed by atoms with Crippen molar-refractivity contribution >= 4 is 38.6 Å². The van der Waals surface area contributed by atoms with Gasteiger partial charge in [-0.2, -0.15) is 0 Å². The minimum Gasteiger partial charge on any atom is -0.338 e. The van der Waals surface area contributed by atoms with Gasteiger partial charge in [0.05, 0.1) is 11.1 Å². The topological polar surface area (TPSA) is 112 Å². The Morgan fingerprint density at radius 1 is 1.09 bits per heavy atom. The smallest absolute Gasteiger partial charge is 0.269 e. The fourth-order valence-corrected chi connectivity index (χ4v) is 5.95. The van der Waals surface area contributed by atoms with E-state index in [9.17, 15) is 22.4 Å². The minimum atomic E-state index is -3.95. The number of aromatic nitrogens is 2. The second kappa shape index (κ2) is 7.22. The van der Waals surface area contributed by atoms with Gasteiger partial charge in [-0.15, -0.1) is 0 Å². The fraction of sp³-hybridized carbons (Fsp3) is 0.125. The number of nitrogens with one attached hydrogen (secondary N) is 2. The molecular weight excluding hydrogens is 459 g/mol. The van der Waals surface area contributed by atoms with Crippen molar-refractivity contribution in [2.24, 2.45) is 0 Å². The molecule has 2 aliphatic rings. The van der Waals surface area contributed by atoms with Crippen molar-refractivity contribution in [2.75, 3.05) is 5.32 Å². The van der Waals surface area contributed by atoms with Gasteiger partial charge in [-0.25, -0.2) is 22.1 Å². The molecule has 2 amide bonds. The van der Waals surface area contributed by atoms with Crippen LogP contribution in [0.5, 0.6) is 0 Å². The number of carbonyl (C=O) groups is 2. The first-order valence-corrected chi connectivity index (χ1v) is 12.1. The van der Waals surface area contributed by atoms with Crippen LogP contribution in [0.25, 0.3) is 22.4 Å². The average molecular weight is 476 g/mol. The quantitative estimate of drug-likeness (QED) is 0.464. The Hall–Kier alpha value is -4.05. The average Bonchev–Trinajstić information content (AvgIpc) is 3.50. The summed E-state index contributed by atoms with van der Waals surface area (Å²) in [6.45, 7) is 0. The van der Waals surface area contributed by atoms with Gasteiger partial charge >= 0.3 is 0 Å². The number of halogens is 1. The van der Waals surface area contributed by atoms with E-state index in [0.717, 1.165) is 4.31 Å². The van der Waals surface area contributed by atoms with Crippen LogP contribution in [-0.4, -0.2) is 40.5 Å². The van der Waals surface area contributed by atoms with Crippen LogP contribution in [0.4, 0.5) is 10.1 Å². The number of aromatic amines is 1. The summed E-state index contributed by atoms with van der Waals surface area (Å²) in [7, 11) is -3.95. The predicted molar refractivity (Wildman–Crippen MR) is 122 cm³/mol. The Labute approximate surface area is 193 Å². The number of amides is 2. The molecule has 3 aromatic carbocycles. The summed E-state index contributed by atoms with van der Waals surface area (Å²) in [5, 5.41) is 2.73. The molecule has 0 spiro atoms. The summed E-state index contributed by atoms with van der Waals surface area (Å²) in [5.41, 5.74) is 2.24. The Balaban J connectivity index is 1.23. The molecule has 1 aromatic heterocycles. The summed E-state index contributed by atoms with van der Waals surface area (Å²) in [5.74, 6) is -0.965. The molecule has 10 heteroatoms. The summed E-state index contributed by atoms with van der Waals surface area (Å²) < 4.78 is 40.5. The fourth-order valence-electron chi connectivity index (χ4n) is 4.11. The number of sulfonamides is 1. The lowest BCUT2D eigenvalue weighted by Crippen LogP contribution is -2.31. The summed E-state index contributed by atoms with van der Waals surface area (Å²) >= 11 is 0. The van der Waals surface area contributed by atoms with Crippen LogP contribution in [0.15, 0.2) is 65.6 Å². The van der Waals surface area contributed by atoms with E-state index in [4.69, 9.17) is 0 Å². The van der Waals surface area contributed by atoms with E-state index < -0.39 is 27.7 Å². The maximum atomic E-state index is 13.9. The van der Waals surface area contributed by atoms with Crippen LogP contribution < -0.4 is 5.32 Å². The molecule has 0 atom stereocenters. The zero-order valence-corrected chi connectivity index (χ0v) is 18.4. The molecule has 4 aromatic rings. The number of para-hydroxylation sites is 1. The van der Waals surface area contributed by atoms with Crippen LogP contribution in [-0.2, 0) is 10.0 Å². The molecular formula is C24H17FN4O4S. The Bertz CT molecular complexity index is 1610. The molecule has 2 heterocycles. The van der Waals surface area contributed by atoms with Gasteiger partial charge in [-0.3, -0.25) is 9.59 Å². The molecule has 0 radical (unpaired) electrons. The summed E-state index contributed by atoms with van der Waals surface area (Å²) in [6.07, 6.45) is 1.32. The monoisotopic (exact) mass is 476 g/mol. The van der Waals surface area contributed by atoms with Crippen molar-refractivity contribution < 1.29 is 22.4 Å². The SMILES string of the molecule is O=C(Nc1ccc(-c2nc3c(F)cccc3[nH]2)cc1)c1ccc2c(c1)S(=O)(=O)N(C1CC1)C2=O. The molecule has 6 rings (SSSR count). The molecule has 0 unspecified atom stereocenters. The van der Waals surface area contributed by atoms with Crippen molar-refractivity contribution in [1.82, 2.24) is 14.3 Å². The molecule has 1 aliphatic heterocycles. The van der Waals surface area contributed by atoms with Crippen LogP contribution in [0.1, 0.15) is 33.6 Å². The number of fused-ring (bicyclic) bond motifs is 2. The molecule has 0 saturated heterocycles. The number of imidazole rings is 1. The predicted octanol–water partition coefficient (Wildman–Crippen LogP) is 3.93. The molecule has 170 valence electrons. The summed E-state index contributed by atoms with van der Waals surface area (Å²) in [6, 6.07) is 15.2. The van der Waals surface area contributed by atoms with Crippen molar-refractivity contribution in [3.63, 3.8) is 0 Å². The molecule has 1 saturated carbocycles. The molecule has 0 bridgehead atoms. The van der Waals surface area contributed by atoms with E-state index in [2.05, 4.69) is 15.3 Å². The van der Waals surface area contributed by atoms with Gasteiger partial charge in [0, 0.05) is 22.9 Å². The number of H-pyrrole nitrogens is 1. The highest BCUT2D eigenvalue weighted by Crippen LogP contribution is 2.39. The van der Waals surface area contributed by atoms with Gasteiger partial charge in [-0.1, -0.05) is 6.07 Å². The highest BCUT2D eigenvalue weighted by molar-refractivity contribution is 7.90. The largest absolute Gasteiger partial charge is 0.338 e. The van der Waals surface area contributed by atoms with Crippen molar-refractivity contribution in [3.05, 3.63) is 77.6 Å². The van der Waals surface area contributed by atoms with E-state index in [1.54, 1.807) is 36.4 Å². The van der Waals surface area contributed by atoms with Crippen molar-refractivity contribution in [1.29, 1.82) is 0 Å². The molecule has 1 fully saturated rings. The van der Waals surface area contributed by atoms with Gasteiger partial charge in [-0.05, 0) is 67.4 Å². The number of nitrogens with zero attached hydrogens (tertiary/aromatic N) is 2. The third-order valence-electron chi connectivity index (χ3n) is 5.97. The van der Waals surface area contributed by atoms with Gasteiger partial charge in [0.2, 0.25) is 0 Å². The first-order chi connectivity index (χ1) is 16.3. The third kappa shape index (κ3) is 3.18. The van der Waals surface area contributed by atoms with Gasteiger partial charge < -0.3 is 10.3 Å². The summed E-state index contributed by atoms with van der Waals surface area (Å²) in [4.78, 5) is 32.5. The van der Waals surface area contributed by atoms with Crippen molar-refractivity contribution in [2.45, 2.75) is 23.8 Å². The third-order valence-corrected chi connectivity index (χ3v) is 7.84. The Morgan fingerprint density at radius 2 is 1.85 bits per heavy atom. The lowest BCUT2D eigenvalue weighted by atomic mass is 10.1. The van der Waals surface area contributed by atoms with Crippen LogP contribution in [0.2, 0.25) is 0 Å². The highest BCUT2D eigenvalue weighted by Gasteiger charge is 2.48. The van der Waals surface area contributed by atoms with Crippen LogP contribution >= 0.6 is 0 Å². The Kier molecular flexibility index (Phi) is 4.37. The maximum Gasteiger partial charge on any atom is 0.269 e. The highest BCUT2D eigenvalue weighted by atomic mass is 32.2. The number of anilines is 1. The second-order valence-electron chi connectivity index (χ2n) is 8.30. The lowest BCUT2D eigenvalue weighted by molar-refractivity contribution is 0.0864. The maximum absolute atomic E-state index is 13.9. The van der Waals surface area contributed by atoms with Crippen LogP contribution in [0.3, 0.4) is 0 Å². The number of rotatable bonds is 4. The van der Waals surface area contributed by atoms with Crippen molar-refractivity contribution in [3.8, 4) is 11.4 Å². The number of benzene rings is 3. The van der Waals surface area contributed by atoms with E-state index in [-0.39, 0.29) is 27.6 Å². The molecule has 2 N–H and O–H groups in total. The standard InChI is InChI=1S/C24H17FN4O4S/c25-18-2-1-3-19-21(18)28-22(27-19)13-4-7-15(8-5-13)26-23(30)14-6-11-17-20(12-14)34(32,33)29(24(17)31)16-9-10-16/h1-8,11-12,16H,9-10H2,(H,26,30)(H,27,28). The van der Waals surface area contributed by atoms with E-state index >= 15 is 0 Å². The number of hydrogen-bond acceptors (Lipinski definition) is 5. The van der Waals surface area contributed by atoms with E-state index in [0.29, 0.717) is 35.4 Å². The number of hydrogen-bond donors (Lipinski definition) is 2. The van der Waals surface area contributed by atoms with Crippen LogP contribution in [0, 0.1) is 5.82 Å². The first-order valence-electron chi connectivity index (χ1n) is 10.6. The zero-order chi connectivity index (χ0) is 23.6. The molecule has 1 aliphatic carbocycles. The normalized spacial score (nSPS) is 16.6. The Morgan fingerprint density at radius 3 is 2.56 bits per heavy atom. The van der Waals surface area contributed by atoms with Gasteiger partial charge in [0.15, 0.2) is 5.82 Å². The van der Waals surface area contributed by atoms with E-state index in [1.807, 2.05) is 0 Å². The van der Waals surface area contributed by atoms with Gasteiger partial charge in [0.25, 0.3) is 21.8 Å². The van der Waals surface area contributed by atoms with Gasteiger partial charge in [0.1, 0.15) is 16.2 Å². The van der Waals surface area contributed by atoms with E-state index in [1.165, 1.54) is 24.3 Å². The molecule has 8 nitrogen and oxygen atoms in total. The molecule has 34 heavy (non-hydrogen) atoms. The second-order valence-corrected chi connectivity index (χ2v) is 10.1. The number of carbonyl (C=O) groups excluding carboxylic acids is 2. The first kappa shape index (κ1) is 20.5.